The summed E-state index contributed by atoms with van der Waals surface area (Å²) < 4.78 is 12.0. The van der Waals surface area contributed by atoms with Crippen LogP contribution in [-0.4, -0.2) is 33.8 Å². The first-order chi connectivity index (χ1) is 8.76. The van der Waals surface area contributed by atoms with Crippen LogP contribution in [0.15, 0.2) is 35.2 Å². The number of benzene rings is 1. The van der Waals surface area contributed by atoms with E-state index in [9.17, 15) is 9.32 Å². The predicted octanol–water partition coefficient (Wildman–Crippen LogP) is 1.69. The van der Waals surface area contributed by atoms with E-state index < -0.39 is 10.8 Å². The third-order valence-corrected chi connectivity index (χ3v) is 5.03. The molecule has 0 amide bonds. The zero-order valence-corrected chi connectivity index (χ0v) is 11.4. The monoisotopic (exact) mass is 267 g/mol. The summed E-state index contributed by atoms with van der Waals surface area (Å²) in [5, 5.41) is 12.9. The number of rotatable bonds is 6. The van der Waals surface area contributed by atoms with Gasteiger partial charge >= 0.3 is 0 Å². The highest BCUT2D eigenvalue weighted by atomic mass is 32.2. The summed E-state index contributed by atoms with van der Waals surface area (Å²) in [6.07, 6.45) is 4.41. The van der Waals surface area contributed by atoms with Crippen LogP contribution in [0.4, 0.5) is 0 Å². The Labute approximate surface area is 111 Å². The Hall–Kier alpha value is -0.710. The van der Waals surface area contributed by atoms with Crippen molar-refractivity contribution in [2.24, 2.45) is 0 Å². The van der Waals surface area contributed by atoms with Gasteiger partial charge in [-0.1, -0.05) is 31.0 Å². The Balaban J connectivity index is 1.80. The van der Waals surface area contributed by atoms with Gasteiger partial charge in [-0.2, -0.15) is 0 Å². The second-order valence-corrected chi connectivity index (χ2v) is 6.51. The SMILES string of the molecule is O=S(CCNC1(CO)CCCC1)c1ccccc1. The first-order valence-electron chi connectivity index (χ1n) is 6.55. The molecule has 0 spiro atoms. The molecule has 18 heavy (non-hydrogen) atoms. The molecule has 1 saturated carbocycles. The van der Waals surface area contributed by atoms with Crippen molar-refractivity contribution in [2.75, 3.05) is 18.9 Å². The molecule has 1 atom stereocenters. The molecule has 0 aromatic heterocycles. The maximum absolute atomic E-state index is 12.0. The third-order valence-electron chi connectivity index (χ3n) is 3.66. The van der Waals surface area contributed by atoms with Gasteiger partial charge in [0.2, 0.25) is 0 Å². The number of hydrogen-bond acceptors (Lipinski definition) is 3. The van der Waals surface area contributed by atoms with E-state index in [1.165, 1.54) is 12.8 Å². The molecule has 1 aliphatic carbocycles. The Kier molecular flexibility index (Phi) is 4.92. The largest absolute Gasteiger partial charge is 0.394 e. The summed E-state index contributed by atoms with van der Waals surface area (Å²) in [6.45, 7) is 0.882. The molecule has 3 nitrogen and oxygen atoms in total. The number of hydrogen-bond donors (Lipinski definition) is 2. The van der Waals surface area contributed by atoms with Gasteiger partial charge in [-0.3, -0.25) is 4.21 Å². The van der Waals surface area contributed by atoms with Gasteiger partial charge in [0.15, 0.2) is 0 Å². The standard InChI is InChI=1S/C14H21NO2S/c16-12-14(8-4-5-9-14)15-10-11-18(17)13-6-2-1-3-7-13/h1-3,6-7,15-16H,4-5,8-12H2. The second-order valence-electron chi connectivity index (χ2n) is 4.94. The molecule has 100 valence electrons. The van der Waals surface area contributed by atoms with Gasteiger partial charge in [0.05, 0.1) is 17.4 Å². The molecule has 2 rings (SSSR count). The lowest BCUT2D eigenvalue weighted by atomic mass is 9.99. The van der Waals surface area contributed by atoms with Crippen LogP contribution >= 0.6 is 0 Å². The lowest BCUT2D eigenvalue weighted by molar-refractivity contribution is 0.167. The number of aliphatic hydroxyl groups excluding tert-OH is 1. The summed E-state index contributed by atoms with van der Waals surface area (Å²) >= 11 is 0. The maximum atomic E-state index is 12.0. The topological polar surface area (TPSA) is 49.3 Å². The van der Waals surface area contributed by atoms with Crippen molar-refractivity contribution in [3.05, 3.63) is 30.3 Å². The predicted molar refractivity (Wildman–Crippen MR) is 74.0 cm³/mol. The molecule has 2 N–H and O–H groups in total. The van der Waals surface area contributed by atoms with Crippen LogP contribution in [0.1, 0.15) is 25.7 Å². The van der Waals surface area contributed by atoms with Crippen LogP contribution in [0.25, 0.3) is 0 Å². The summed E-state index contributed by atoms with van der Waals surface area (Å²) in [5.74, 6) is 0.603. The van der Waals surface area contributed by atoms with E-state index in [0.29, 0.717) is 12.3 Å². The maximum Gasteiger partial charge on any atom is 0.0613 e. The van der Waals surface area contributed by atoms with E-state index in [0.717, 1.165) is 17.7 Å². The lowest BCUT2D eigenvalue weighted by Gasteiger charge is -2.28. The van der Waals surface area contributed by atoms with Crippen molar-refractivity contribution in [2.45, 2.75) is 36.1 Å². The first-order valence-corrected chi connectivity index (χ1v) is 7.87. The fourth-order valence-corrected chi connectivity index (χ4v) is 3.53. The zero-order chi connectivity index (χ0) is 12.8. The smallest absolute Gasteiger partial charge is 0.0613 e. The highest BCUT2D eigenvalue weighted by molar-refractivity contribution is 7.85. The first kappa shape index (κ1) is 13.7. The van der Waals surface area contributed by atoms with E-state index in [2.05, 4.69) is 5.32 Å². The van der Waals surface area contributed by atoms with Crippen LogP contribution in [0.3, 0.4) is 0 Å². The van der Waals surface area contributed by atoms with E-state index in [1.807, 2.05) is 30.3 Å². The van der Waals surface area contributed by atoms with Gasteiger partial charge in [-0.15, -0.1) is 0 Å². The van der Waals surface area contributed by atoms with E-state index in [-0.39, 0.29) is 12.1 Å². The third kappa shape index (κ3) is 3.40. The molecule has 0 saturated heterocycles. The molecule has 4 heteroatoms. The number of aliphatic hydroxyl groups is 1. The molecule has 0 aliphatic heterocycles. The average Bonchev–Trinajstić information content (AvgIpc) is 2.89. The van der Waals surface area contributed by atoms with Crippen LogP contribution < -0.4 is 5.32 Å². The molecule has 0 radical (unpaired) electrons. The molecular weight excluding hydrogens is 246 g/mol. The lowest BCUT2D eigenvalue weighted by Crippen LogP contribution is -2.47. The van der Waals surface area contributed by atoms with E-state index in [1.54, 1.807) is 0 Å². The Bertz CT molecular complexity index is 388. The Morgan fingerprint density at radius 3 is 2.50 bits per heavy atom. The van der Waals surface area contributed by atoms with Crippen molar-refractivity contribution in [3.63, 3.8) is 0 Å². The molecule has 0 heterocycles. The fourth-order valence-electron chi connectivity index (χ4n) is 2.54. The van der Waals surface area contributed by atoms with Gasteiger partial charge in [0.1, 0.15) is 0 Å². The molecule has 1 aromatic rings. The Morgan fingerprint density at radius 2 is 1.89 bits per heavy atom. The van der Waals surface area contributed by atoms with Crippen LogP contribution in [-0.2, 0) is 10.8 Å². The average molecular weight is 267 g/mol. The Morgan fingerprint density at radius 1 is 1.22 bits per heavy atom. The quantitative estimate of drug-likeness (QED) is 0.824. The van der Waals surface area contributed by atoms with Crippen molar-refractivity contribution in [1.82, 2.24) is 5.32 Å². The van der Waals surface area contributed by atoms with Gasteiger partial charge in [-0.25, -0.2) is 0 Å². The highest BCUT2D eigenvalue weighted by Gasteiger charge is 2.32. The summed E-state index contributed by atoms with van der Waals surface area (Å²) in [5.41, 5.74) is -0.110. The van der Waals surface area contributed by atoms with Crippen molar-refractivity contribution in [1.29, 1.82) is 0 Å². The van der Waals surface area contributed by atoms with Crippen molar-refractivity contribution < 1.29 is 9.32 Å². The normalized spacial score (nSPS) is 19.8. The van der Waals surface area contributed by atoms with Gasteiger partial charge in [0.25, 0.3) is 0 Å². The molecular formula is C14H21NO2S. The highest BCUT2D eigenvalue weighted by Crippen LogP contribution is 2.28. The van der Waals surface area contributed by atoms with E-state index in [4.69, 9.17) is 0 Å². The van der Waals surface area contributed by atoms with Crippen molar-refractivity contribution >= 4 is 10.8 Å². The minimum Gasteiger partial charge on any atom is -0.394 e. The van der Waals surface area contributed by atoms with Crippen LogP contribution in [0.5, 0.6) is 0 Å². The number of nitrogens with one attached hydrogen (secondary N) is 1. The molecule has 1 aliphatic rings. The molecule has 1 aromatic carbocycles. The van der Waals surface area contributed by atoms with Crippen molar-refractivity contribution in [3.8, 4) is 0 Å². The zero-order valence-electron chi connectivity index (χ0n) is 10.6. The summed E-state index contributed by atoms with van der Waals surface area (Å²) in [7, 11) is -0.948. The summed E-state index contributed by atoms with van der Waals surface area (Å²) in [6, 6.07) is 9.54. The fraction of sp³-hybridized carbons (Fsp3) is 0.571. The van der Waals surface area contributed by atoms with Crippen LogP contribution in [0.2, 0.25) is 0 Å². The molecule has 1 fully saturated rings. The second kappa shape index (κ2) is 6.45. The van der Waals surface area contributed by atoms with Gasteiger partial charge in [0, 0.05) is 22.7 Å². The molecule has 1 unspecified atom stereocenters. The van der Waals surface area contributed by atoms with E-state index >= 15 is 0 Å². The van der Waals surface area contributed by atoms with Gasteiger partial charge < -0.3 is 10.4 Å². The minimum atomic E-state index is -0.948. The summed E-state index contributed by atoms with van der Waals surface area (Å²) in [4.78, 5) is 0.878. The minimum absolute atomic E-state index is 0.110. The molecule has 0 bridgehead atoms. The van der Waals surface area contributed by atoms with Gasteiger partial charge in [-0.05, 0) is 25.0 Å². The van der Waals surface area contributed by atoms with Crippen LogP contribution in [0, 0.1) is 0 Å².